The molecule has 0 aliphatic heterocycles. The van der Waals surface area contributed by atoms with Crippen LogP contribution in [-0.4, -0.2) is 71.1 Å². The van der Waals surface area contributed by atoms with Crippen LogP contribution in [-0.2, 0) is 37.5 Å². The van der Waals surface area contributed by atoms with Crippen LogP contribution in [0.5, 0.6) is 0 Å². The Morgan fingerprint density at radius 3 is 1.69 bits per heavy atom. The second-order valence-electron chi connectivity index (χ2n) is 14.3. The van der Waals surface area contributed by atoms with Crippen LogP contribution in [0, 0.1) is 0 Å². The lowest BCUT2D eigenvalue weighted by atomic mass is 10.1. The molecule has 61 heavy (non-hydrogen) atoms. The van der Waals surface area contributed by atoms with Gasteiger partial charge in [0.1, 0.15) is 12.6 Å². The molecule has 0 aromatic rings. The Kier molecular flexibility index (Phi) is 38.8. The van der Waals surface area contributed by atoms with Crippen molar-refractivity contribution >= 4 is 25.7 Å². The molecule has 0 radical (unpaired) electrons. The minimum Gasteiger partial charge on any atom is -0.480 e. The first-order valence-corrected chi connectivity index (χ1v) is 23.5. The molecule has 0 saturated carbocycles. The van der Waals surface area contributed by atoms with E-state index in [-0.39, 0.29) is 12.8 Å². The van der Waals surface area contributed by atoms with Crippen LogP contribution >= 0.6 is 7.82 Å². The fraction of sp³-hybridized carbons (Fsp3) is 0.562. The van der Waals surface area contributed by atoms with E-state index in [0.29, 0.717) is 25.7 Å². The Morgan fingerprint density at radius 2 is 1.11 bits per heavy atom. The summed E-state index contributed by atoms with van der Waals surface area (Å²) in [5, 5.41) is 18.7. The number of phosphoric acid groups is 1. The van der Waals surface area contributed by atoms with Crippen LogP contribution in [0.1, 0.15) is 136 Å². The number of hydrogen-bond donors (Lipinski definition) is 4. The van der Waals surface area contributed by atoms with Gasteiger partial charge in [0, 0.05) is 12.8 Å². The lowest BCUT2D eigenvalue weighted by Gasteiger charge is -2.20. The van der Waals surface area contributed by atoms with Gasteiger partial charge in [-0.2, -0.15) is 0 Å². The van der Waals surface area contributed by atoms with Gasteiger partial charge < -0.3 is 30.3 Å². The van der Waals surface area contributed by atoms with E-state index >= 15 is 0 Å². The van der Waals surface area contributed by atoms with Crippen molar-refractivity contribution in [3.05, 3.63) is 109 Å². The van der Waals surface area contributed by atoms with Crippen LogP contribution in [0.25, 0.3) is 0 Å². The summed E-state index contributed by atoms with van der Waals surface area (Å²) in [7, 11) is -4.76. The molecular formula is C48H76NO11P. The number of carboxylic acids is 1. The third kappa shape index (κ3) is 41.2. The van der Waals surface area contributed by atoms with Gasteiger partial charge in [-0.25, -0.2) is 4.57 Å². The molecule has 0 spiro atoms. The van der Waals surface area contributed by atoms with E-state index in [1.165, 1.54) is 19.3 Å². The van der Waals surface area contributed by atoms with Gasteiger partial charge in [0.2, 0.25) is 0 Å². The smallest absolute Gasteiger partial charge is 0.472 e. The highest BCUT2D eigenvalue weighted by atomic mass is 31.2. The van der Waals surface area contributed by atoms with Gasteiger partial charge in [-0.15, -0.1) is 0 Å². The number of aliphatic hydroxyl groups is 1. The zero-order valence-electron chi connectivity index (χ0n) is 36.8. The van der Waals surface area contributed by atoms with E-state index < -0.39 is 63.8 Å². The van der Waals surface area contributed by atoms with Gasteiger partial charge >= 0.3 is 25.7 Å². The Morgan fingerprint density at radius 1 is 0.607 bits per heavy atom. The maximum atomic E-state index is 12.6. The largest absolute Gasteiger partial charge is 0.480 e. The zero-order valence-corrected chi connectivity index (χ0v) is 37.7. The highest BCUT2D eigenvalue weighted by molar-refractivity contribution is 7.47. The highest BCUT2D eigenvalue weighted by Gasteiger charge is 2.28. The van der Waals surface area contributed by atoms with Crippen LogP contribution < -0.4 is 5.73 Å². The third-order valence-electron chi connectivity index (χ3n) is 8.58. The van der Waals surface area contributed by atoms with Crippen molar-refractivity contribution in [2.45, 2.75) is 154 Å². The fourth-order valence-electron chi connectivity index (χ4n) is 5.10. The van der Waals surface area contributed by atoms with E-state index in [0.717, 1.165) is 64.2 Å². The number of aliphatic hydroxyl groups excluding tert-OH is 1. The molecule has 0 rings (SSSR count). The first kappa shape index (κ1) is 57.1. The molecule has 0 aromatic heterocycles. The maximum Gasteiger partial charge on any atom is 0.472 e. The first-order valence-electron chi connectivity index (χ1n) is 22.0. The molecule has 0 aliphatic rings. The molecule has 0 aliphatic carbocycles. The average Bonchev–Trinajstić information content (AvgIpc) is 3.23. The van der Waals surface area contributed by atoms with Crippen LogP contribution in [0.15, 0.2) is 109 Å². The van der Waals surface area contributed by atoms with Crippen LogP contribution in [0.4, 0.5) is 0 Å². The number of carboxylic acid groups (broad SMARTS) is 1. The van der Waals surface area contributed by atoms with Crippen molar-refractivity contribution in [1.29, 1.82) is 0 Å². The normalized spacial score (nSPS) is 15.2. The van der Waals surface area contributed by atoms with Crippen molar-refractivity contribution in [3.63, 3.8) is 0 Å². The van der Waals surface area contributed by atoms with Gasteiger partial charge in [-0.05, 0) is 89.9 Å². The zero-order chi connectivity index (χ0) is 45.1. The van der Waals surface area contributed by atoms with Gasteiger partial charge in [-0.3, -0.25) is 23.4 Å². The van der Waals surface area contributed by atoms with Gasteiger partial charge in [0.05, 0.1) is 19.3 Å². The quantitative estimate of drug-likeness (QED) is 0.0150. The van der Waals surface area contributed by atoms with Gasteiger partial charge in [0.25, 0.3) is 0 Å². The van der Waals surface area contributed by atoms with E-state index in [1.807, 2.05) is 55.5 Å². The average molecular weight is 874 g/mol. The Balaban J connectivity index is 4.57. The first-order chi connectivity index (χ1) is 29.5. The molecule has 5 N–H and O–H groups in total. The maximum absolute atomic E-state index is 12.6. The van der Waals surface area contributed by atoms with Crippen molar-refractivity contribution in [3.8, 4) is 0 Å². The number of carbonyl (C=O) groups excluding carboxylic acids is 2. The molecule has 344 valence electrons. The van der Waals surface area contributed by atoms with Gasteiger partial charge in [-0.1, -0.05) is 142 Å². The number of ether oxygens (including phenoxy) is 2. The van der Waals surface area contributed by atoms with Crippen molar-refractivity contribution in [2.24, 2.45) is 5.73 Å². The number of hydrogen-bond acceptors (Lipinski definition) is 10. The number of rotatable bonds is 39. The summed E-state index contributed by atoms with van der Waals surface area (Å²) in [5.74, 6) is -2.54. The number of unbranched alkanes of at least 4 members (excludes halogenated alkanes) is 7. The molecule has 4 atom stereocenters. The molecule has 0 saturated heterocycles. The summed E-state index contributed by atoms with van der Waals surface area (Å²) in [6.07, 6.45) is 50.7. The standard InChI is InChI=1S/C48H76NO11P/c1-3-5-7-8-9-10-11-12-13-14-15-16-17-18-23-26-29-32-35-39-47(52)60-44(41-58-61(55,56)59-42-45(49)48(53)54)40-57-46(51)38-34-31-28-25-22-20-19-21-24-27-30-33-37-43(50)36-6-4-2/h6,9-10,12-13,15-16,18-20,23-25,27-28,30,33,36,43-45,50H,3-5,7-8,11,14,17,21-22,26,29,31-32,34-35,37-42,49H2,1-2H3,(H,53,54)(H,55,56)/b10-9-,13-12-,16-15-,20-19-,23-18-,27-24-,28-25-,33-30+,36-6-/t43?,44-,45+/m1/s1. The van der Waals surface area contributed by atoms with Crippen molar-refractivity contribution < 1.29 is 52.6 Å². The summed E-state index contributed by atoms with van der Waals surface area (Å²) in [5.41, 5.74) is 5.32. The molecule has 0 bridgehead atoms. The monoisotopic (exact) mass is 874 g/mol. The second-order valence-corrected chi connectivity index (χ2v) is 15.7. The highest BCUT2D eigenvalue weighted by Crippen LogP contribution is 2.43. The lowest BCUT2D eigenvalue weighted by Crippen LogP contribution is -2.34. The molecule has 0 aromatic carbocycles. The second kappa shape index (κ2) is 41.5. The molecular weight excluding hydrogens is 797 g/mol. The minimum atomic E-state index is -4.76. The number of esters is 2. The van der Waals surface area contributed by atoms with Crippen LogP contribution in [0.2, 0.25) is 0 Å². The van der Waals surface area contributed by atoms with E-state index in [9.17, 15) is 28.9 Å². The molecule has 0 heterocycles. The predicted molar refractivity (Wildman–Crippen MR) is 246 cm³/mol. The third-order valence-corrected chi connectivity index (χ3v) is 9.53. The fourth-order valence-corrected chi connectivity index (χ4v) is 5.88. The summed E-state index contributed by atoms with van der Waals surface area (Å²) in [4.78, 5) is 46.0. The molecule has 0 fully saturated rings. The van der Waals surface area contributed by atoms with E-state index in [2.05, 4.69) is 66.1 Å². The molecule has 2 unspecified atom stereocenters. The SMILES string of the molecule is CC/C=C\C(O)C/C=C/C=C\C/C=C\C/C=C\CCCC(=O)OC[C@H](COP(=O)(O)OC[C@H](N)C(=O)O)OC(=O)CCCCC/C=C\C/C=C\C/C=C\C/C=C\CCCCC. The van der Waals surface area contributed by atoms with E-state index in [1.54, 1.807) is 6.08 Å². The van der Waals surface area contributed by atoms with Crippen LogP contribution in [0.3, 0.4) is 0 Å². The summed E-state index contributed by atoms with van der Waals surface area (Å²) in [6, 6.07) is -1.55. The van der Waals surface area contributed by atoms with Gasteiger partial charge in [0.15, 0.2) is 6.10 Å². The number of aliphatic carboxylic acids is 1. The summed E-state index contributed by atoms with van der Waals surface area (Å²) >= 11 is 0. The van der Waals surface area contributed by atoms with Crippen molar-refractivity contribution in [2.75, 3.05) is 19.8 Å². The summed E-state index contributed by atoms with van der Waals surface area (Å²) in [6.45, 7) is 2.42. The minimum absolute atomic E-state index is 0.0958. The number of nitrogens with two attached hydrogens (primary N) is 1. The lowest BCUT2D eigenvalue weighted by molar-refractivity contribution is -0.161. The Bertz CT molecular complexity index is 1460. The van der Waals surface area contributed by atoms with E-state index in [4.69, 9.17) is 24.8 Å². The number of carbonyl (C=O) groups is 3. The molecule has 12 nitrogen and oxygen atoms in total. The molecule has 0 amide bonds. The Hall–Kier alpha value is -3.90. The topological polar surface area (TPSA) is 192 Å². The molecule has 13 heteroatoms. The predicted octanol–water partition coefficient (Wildman–Crippen LogP) is 10.8. The van der Waals surface area contributed by atoms with Crippen molar-refractivity contribution in [1.82, 2.24) is 0 Å². The number of phosphoric ester groups is 1. The Labute approximate surface area is 366 Å². The summed E-state index contributed by atoms with van der Waals surface area (Å²) < 4.78 is 32.6. The number of allylic oxidation sites excluding steroid dienone is 16.